The van der Waals surface area contributed by atoms with E-state index in [-0.39, 0.29) is 0 Å². The van der Waals surface area contributed by atoms with Gasteiger partial charge in [0.1, 0.15) is 0 Å². The molecule has 0 radical (unpaired) electrons. The second kappa shape index (κ2) is 6.38. The molecule has 0 amide bonds. The fraction of sp³-hybridized carbons (Fsp3) is 0.846. The van der Waals surface area contributed by atoms with Gasteiger partial charge in [0, 0.05) is 45.3 Å². The zero-order valence-electron chi connectivity index (χ0n) is 10.3. The van der Waals surface area contributed by atoms with Crippen LogP contribution in [-0.4, -0.2) is 55.1 Å². The highest BCUT2D eigenvalue weighted by molar-refractivity contribution is 4.88. The van der Waals surface area contributed by atoms with Crippen LogP contribution in [-0.2, 0) is 0 Å². The number of nitrogens with two attached hydrogens (primary N) is 1. The number of piperazine rings is 1. The minimum Gasteiger partial charge on any atom is -0.327 e. The third-order valence-electron chi connectivity index (χ3n) is 3.91. The summed E-state index contributed by atoms with van der Waals surface area (Å²) in [6.45, 7) is 6.73. The van der Waals surface area contributed by atoms with Crippen LogP contribution in [0.25, 0.3) is 0 Å². The van der Waals surface area contributed by atoms with Gasteiger partial charge in [-0.1, -0.05) is 25.0 Å². The summed E-state index contributed by atoms with van der Waals surface area (Å²) in [5.41, 5.74) is 5.44. The van der Waals surface area contributed by atoms with Gasteiger partial charge >= 0.3 is 0 Å². The molecule has 3 nitrogen and oxygen atoms in total. The van der Waals surface area contributed by atoms with E-state index in [2.05, 4.69) is 22.0 Å². The van der Waals surface area contributed by atoms with E-state index >= 15 is 0 Å². The first kappa shape index (κ1) is 12.1. The van der Waals surface area contributed by atoms with Gasteiger partial charge < -0.3 is 5.73 Å². The van der Waals surface area contributed by atoms with Crippen molar-refractivity contribution >= 4 is 0 Å². The summed E-state index contributed by atoms with van der Waals surface area (Å²) >= 11 is 0. The van der Waals surface area contributed by atoms with Crippen LogP contribution in [0, 0.1) is 0 Å². The Morgan fingerprint density at radius 1 is 1.00 bits per heavy atom. The maximum atomic E-state index is 5.44. The number of hydrogen-bond donors (Lipinski definition) is 1. The molecule has 1 aliphatic carbocycles. The van der Waals surface area contributed by atoms with Crippen molar-refractivity contribution in [1.82, 2.24) is 9.80 Å². The van der Waals surface area contributed by atoms with Crippen molar-refractivity contribution in [2.75, 3.05) is 39.3 Å². The molecule has 1 aliphatic heterocycles. The van der Waals surface area contributed by atoms with E-state index in [1.54, 1.807) is 0 Å². The number of hydrogen-bond acceptors (Lipinski definition) is 3. The number of nitrogens with zero attached hydrogens (tertiary/aromatic N) is 2. The predicted octanol–water partition coefficient (Wildman–Crippen LogP) is 1.06. The van der Waals surface area contributed by atoms with Gasteiger partial charge in [-0.2, -0.15) is 0 Å². The lowest BCUT2D eigenvalue weighted by Crippen LogP contribution is -2.49. The largest absolute Gasteiger partial charge is 0.327 e. The van der Waals surface area contributed by atoms with Crippen LogP contribution in [0.1, 0.15) is 25.7 Å². The monoisotopic (exact) mass is 223 g/mol. The van der Waals surface area contributed by atoms with Crippen molar-refractivity contribution in [2.24, 2.45) is 5.73 Å². The molecule has 0 unspecified atom stereocenters. The van der Waals surface area contributed by atoms with Gasteiger partial charge in [-0.25, -0.2) is 0 Å². The van der Waals surface area contributed by atoms with Gasteiger partial charge in [0.25, 0.3) is 0 Å². The third-order valence-corrected chi connectivity index (χ3v) is 3.91. The molecule has 1 heterocycles. The van der Waals surface area contributed by atoms with Crippen LogP contribution >= 0.6 is 0 Å². The molecular formula is C13H25N3. The molecule has 92 valence electrons. The Kier molecular flexibility index (Phi) is 4.82. The predicted molar refractivity (Wildman–Crippen MR) is 68.5 cm³/mol. The molecule has 2 aliphatic rings. The topological polar surface area (TPSA) is 32.5 Å². The first-order valence-corrected chi connectivity index (χ1v) is 6.71. The van der Waals surface area contributed by atoms with E-state index in [9.17, 15) is 0 Å². The maximum Gasteiger partial charge on any atom is 0.0164 e. The highest BCUT2D eigenvalue weighted by atomic mass is 15.3. The van der Waals surface area contributed by atoms with Gasteiger partial charge in [-0.3, -0.25) is 9.80 Å². The SMILES string of the molecule is NCC=CCN1CCN(C2CCCC2)CC1. The molecule has 2 N–H and O–H groups in total. The normalized spacial score (nSPS) is 25.8. The van der Waals surface area contributed by atoms with E-state index in [4.69, 9.17) is 5.73 Å². The Balaban J connectivity index is 1.67. The summed E-state index contributed by atoms with van der Waals surface area (Å²) in [4.78, 5) is 5.23. The molecule has 2 fully saturated rings. The number of rotatable bonds is 4. The minimum atomic E-state index is 0.669. The van der Waals surface area contributed by atoms with E-state index in [1.807, 2.05) is 0 Å². The van der Waals surface area contributed by atoms with Gasteiger partial charge in [-0.05, 0) is 12.8 Å². The first-order valence-electron chi connectivity index (χ1n) is 6.71. The van der Waals surface area contributed by atoms with E-state index in [0.717, 1.165) is 12.6 Å². The summed E-state index contributed by atoms with van der Waals surface area (Å²) in [5.74, 6) is 0. The van der Waals surface area contributed by atoms with E-state index in [0.29, 0.717) is 6.54 Å². The second-order valence-corrected chi connectivity index (χ2v) is 4.98. The van der Waals surface area contributed by atoms with Gasteiger partial charge in [-0.15, -0.1) is 0 Å². The second-order valence-electron chi connectivity index (χ2n) is 4.98. The van der Waals surface area contributed by atoms with Gasteiger partial charge in [0.2, 0.25) is 0 Å². The molecule has 16 heavy (non-hydrogen) atoms. The molecule has 3 heteroatoms. The zero-order valence-corrected chi connectivity index (χ0v) is 10.3. The lowest BCUT2D eigenvalue weighted by atomic mass is 10.2. The summed E-state index contributed by atoms with van der Waals surface area (Å²) in [6.07, 6.45) is 10.0. The Morgan fingerprint density at radius 2 is 1.69 bits per heavy atom. The molecule has 0 aromatic rings. The van der Waals surface area contributed by atoms with Crippen LogP contribution in [0.4, 0.5) is 0 Å². The Morgan fingerprint density at radius 3 is 2.31 bits per heavy atom. The van der Waals surface area contributed by atoms with Crippen LogP contribution in [0.5, 0.6) is 0 Å². The lowest BCUT2D eigenvalue weighted by molar-refractivity contribution is 0.105. The van der Waals surface area contributed by atoms with Crippen molar-refractivity contribution in [2.45, 2.75) is 31.7 Å². The molecule has 0 aromatic carbocycles. The summed E-state index contributed by atoms with van der Waals surface area (Å²) in [6, 6.07) is 0.904. The van der Waals surface area contributed by atoms with Crippen LogP contribution in [0.2, 0.25) is 0 Å². The van der Waals surface area contributed by atoms with E-state index < -0.39 is 0 Å². The Hall–Kier alpha value is -0.380. The Labute approximate surface area is 99.3 Å². The smallest absolute Gasteiger partial charge is 0.0164 e. The van der Waals surface area contributed by atoms with Crippen molar-refractivity contribution in [3.05, 3.63) is 12.2 Å². The molecule has 1 saturated heterocycles. The highest BCUT2D eigenvalue weighted by Gasteiger charge is 2.25. The van der Waals surface area contributed by atoms with Crippen LogP contribution in [0.3, 0.4) is 0 Å². The van der Waals surface area contributed by atoms with Crippen molar-refractivity contribution in [3.63, 3.8) is 0 Å². The average Bonchev–Trinajstić information content (AvgIpc) is 2.84. The molecule has 0 atom stereocenters. The molecule has 0 bridgehead atoms. The van der Waals surface area contributed by atoms with Gasteiger partial charge in [0.05, 0.1) is 0 Å². The standard InChI is InChI=1S/C13H25N3/c14-7-3-4-8-15-9-11-16(12-10-15)13-5-1-2-6-13/h3-4,13H,1-2,5-12,14H2. The van der Waals surface area contributed by atoms with E-state index in [1.165, 1.54) is 51.9 Å². The van der Waals surface area contributed by atoms with Gasteiger partial charge in [0.15, 0.2) is 0 Å². The van der Waals surface area contributed by atoms with Crippen molar-refractivity contribution in [3.8, 4) is 0 Å². The summed E-state index contributed by atoms with van der Waals surface area (Å²) in [7, 11) is 0. The van der Waals surface area contributed by atoms with Crippen LogP contribution < -0.4 is 5.73 Å². The fourth-order valence-corrected chi connectivity index (χ4v) is 2.90. The fourth-order valence-electron chi connectivity index (χ4n) is 2.90. The van der Waals surface area contributed by atoms with Crippen LogP contribution in [0.15, 0.2) is 12.2 Å². The molecular weight excluding hydrogens is 198 g/mol. The Bertz CT molecular complexity index is 213. The summed E-state index contributed by atoms with van der Waals surface area (Å²) in [5, 5.41) is 0. The first-order chi connectivity index (χ1) is 7.90. The van der Waals surface area contributed by atoms with Crippen molar-refractivity contribution in [1.29, 1.82) is 0 Å². The minimum absolute atomic E-state index is 0.669. The molecule has 0 aromatic heterocycles. The van der Waals surface area contributed by atoms with Crippen molar-refractivity contribution < 1.29 is 0 Å². The quantitative estimate of drug-likeness (QED) is 0.723. The molecule has 2 rings (SSSR count). The average molecular weight is 223 g/mol. The molecule has 0 spiro atoms. The zero-order chi connectivity index (χ0) is 11.2. The highest BCUT2D eigenvalue weighted by Crippen LogP contribution is 2.24. The molecule has 1 saturated carbocycles. The maximum absolute atomic E-state index is 5.44. The summed E-state index contributed by atoms with van der Waals surface area (Å²) < 4.78 is 0. The third kappa shape index (κ3) is 3.30. The lowest BCUT2D eigenvalue weighted by Gasteiger charge is -2.37.